The van der Waals surface area contributed by atoms with E-state index in [0.717, 1.165) is 45.2 Å². The minimum absolute atomic E-state index is 0.511. The topological polar surface area (TPSA) is 0 Å². The molecular weight excluding hydrogens is 679 g/mol. The lowest BCUT2D eigenvalue weighted by atomic mass is 9.73. The van der Waals surface area contributed by atoms with Gasteiger partial charge in [0, 0.05) is 30.7 Å². The molecule has 0 aromatic heterocycles. The van der Waals surface area contributed by atoms with Crippen LogP contribution in [0.25, 0.3) is 0 Å². The number of alkyl halides is 6. The predicted octanol–water partition coefficient (Wildman–Crippen LogP) is 11.9. The van der Waals surface area contributed by atoms with E-state index in [2.05, 4.69) is 62.2 Å². The Hall–Kier alpha value is -3.29. The minimum Gasteiger partial charge on any atom is -0.169 e. The van der Waals surface area contributed by atoms with Crippen LogP contribution in [-0.2, 0) is 5.41 Å². The van der Waals surface area contributed by atoms with Gasteiger partial charge in [0.2, 0.25) is 5.41 Å². The molecule has 0 aliphatic rings. The standard InChI is InChI=1S/C37H34F6S2Si2/c1-46(2,3)25-23-27-7-15-31(16-8-27)44-33-19-11-29(12-20-33)35(36(38,39)40,37(41,42)43)30-13-21-34(22-14-30)45-32-17-9-28(10-18-32)24-26-47(4,5)6/h7-22H,1-6H3. The molecule has 10 heteroatoms. The number of rotatable bonds is 6. The molecule has 0 saturated heterocycles. The molecule has 4 aromatic rings. The van der Waals surface area contributed by atoms with E-state index in [4.69, 9.17) is 0 Å². The van der Waals surface area contributed by atoms with Crippen molar-refractivity contribution in [2.45, 2.75) is 76.6 Å². The van der Waals surface area contributed by atoms with Gasteiger partial charge in [-0.1, -0.05) is 98.9 Å². The Morgan fingerprint density at radius 2 is 0.681 bits per heavy atom. The number of hydrogen-bond donors (Lipinski definition) is 0. The van der Waals surface area contributed by atoms with Crippen molar-refractivity contribution in [2.24, 2.45) is 0 Å². The second-order valence-corrected chi connectivity index (χ2v) is 24.8. The number of benzene rings is 4. The Kier molecular flexibility index (Phi) is 10.9. The molecule has 0 fully saturated rings. The van der Waals surface area contributed by atoms with Gasteiger partial charge < -0.3 is 0 Å². The van der Waals surface area contributed by atoms with Crippen molar-refractivity contribution in [3.8, 4) is 22.9 Å². The highest BCUT2D eigenvalue weighted by Gasteiger charge is 2.72. The minimum atomic E-state index is -5.66. The fraction of sp³-hybridized carbons (Fsp3) is 0.243. The second-order valence-electron chi connectivity index (χ2n) is 13.0. The third-order valence-electron chi connectivity index (χ3n) is 6.77. The van der Waals surface area contributed by atoms with Crippen LogP contribution < -0.4 is 0 Å². The molecule has 47 heavy (non-hydrogen) atoms. The zero-order valence-electron chi connectivity index (χ0n) is 26.8. The Labute approximate surface area is 283 Å². The van der Waals surface area contributed by atoms with Crippen LogP contribution in [0.5, 0.6) is 0 Å². The van der Waals surface area contributed by atoms with Crippen LogP contribution in [0.4, 0.5) is 26.3 Å². The maximum Gasteiger partial charge on any atom is 0.411 e. The molecule has 0 aliphatic carbocycles. The van der Waals surface area contributed by atoms with Crippen LogP contribution in [-0.4, -0.2) is 28.5 Å². The summed E-state index contributed by atoms with van der Waals surface area (Å²) in [7, 11) is -3.09. The van der Waals surface area contributed by atoms with Crippen LogP contribution in [0, 0.1) is 22.9 Å². The molecule has 0 bridgehead atoms. The zero-order chi connectivity index (χ0) is 34.7. The summed E-state index contributed by atoms with van der Waals surface area (Å²) >= 11 is 2.49. The van der Waals surface area contributed by atoms with Gasteiger partial charge in [0.15, 0.2) is 0 Å². The van der Waals surface area contributed by atoms with E-state index >= 15 is 0 Å². The molecule has 0 saturated carbocycles. The molecule has 244 valence electrons. The van der Waals surface area contributed by atoms with E-state index in [0.29, 0.717) is 9.79 Å². The average Bonchev–Trinajstić information content (AvgIpc) is 2.96. The Morgan fingerprint density at radius 1 is 0.426 bits per heavy atom. The molecule has 0 heterocycles. The third kappa shape index (κ3) is 9.42. The van der Waals surface area contributed by atoms with E-state index in [1.165, 1.54) is 47.8 Å². The molecule has 0 aliphatic heterocycles. The zero-order valence-corrected chi connectivity index (χ0v) is 30.5. The second kappa shape index (κ2) is 14.1. The first-order chi connectivity index (χ1) is 21.8. The van der Waals surface area contributed by atoms with E-state index in [-0.39, 0.29) is 0 Å². The molecule has 0 amide bonds. The van der Waals surface area contributed by atoms with Crippen LogP contribution >= 0.6 is 23.5 Å². The van der Waals surface area contributed by atoms with Crippen LogP contribution in [0.2, 0.25) is 39.3 Å². The summed E-state index contributed by atoms with van der Waals surface area (Å²) in [6.45, 7) is 12.8. The number of hydrogen-bond acceptors (Lipinski definition) is 2. The Bertz CT molecular complexity index is 1650. The van der Waals surface area contributed by atoms with Crippen LogP contribution in [0.15, 0.2) is 117 Å². The molecular formula is C37H34F6S2Si2. The molecule has 4 aromatic carbocycles. The summed E-state index contributed by atoms with van der Waals surface area (Å²) in [5, 5.41) is 0. The van der Waals surface area contributed by atoms with Crippen LogP contribution in [0.3, 0.4) is 0 Å². The third-order valence-corrected chi connectivity index (χ3v) is 10.6. The maximum atomic E-state index is 14.7. The summed E-state index contributed by atoms with van der Waals surface area (Å²) in [4.78, 5) is 2.60. The van der Waals surface area contributed by atoms with Crippen molar-refractivity contribution >= 4 is 39.7 Å². The molecule has 0 unspecified atom stereocenters. The van der Waals surface area contributed by atoms with Crippen LogP contribution in [0.1, 0.15) is 22.3 Å². The monoisotopic (exact) mass is 712 g/mol. The van der Waals surface area contributed by atoms with Gasteiger partial charge in [-0.25, -0.2) is 0 Å². The van der Waals surface area contributed by atoms with Crippen molar-refractivity contribution in [3.05, 3.63) is 119 Å². The van der Waals surface area contributed by atoms with E-state index < -0.39 is 45.0 Å². The highest BCUT2D eigenvalue weighted by Crippen LogP contribution is 2.56. The lowest BCUT2D eigenvalue weighted by Gasteiger charge is -2.38. The first-order valence-electron chi connectivity index (χ1n) is 14.7. The van der Waals surface area contributed by atoms with Gasteiger partial charge in [-0.2, -0.15) is 26.3 Å². The Balaban J connectivity index is 1.60. The molecule has 4 rings (SSSR count). The average molecular weight is 713 g/mol. The van der Waals surface area contributed by atoms with Gasteiger partial charge in [-0.15, -0.1) is 11.1 Å². The molecule has 0 nitrogen and oxygen atoms in total. The summed E-state index contributed by atoms with van der Waals surface area (Å²) in [5.74, 6) is 6.31. The van der Waals surface area contributed by atoms with Crippen molar-refractivity contribution in [1.82, 2.24) is 0 Å². The summed E-state index contributed by atoms with van der Waals surface area (Å²) in [6.07, 6.45) is -11.3. The molecule has 0 spiro atoms. The van der Waals surface area contributed by atoms with Crippen molar-refractivity contribution in [2.75, 3.05) is 0 Å². The summed E-state index contributed by atoms with van der Waals surface area (Å²) in [6, 6.07) is 23.6. The smallest absolute Gasteiger partial charge is 0.169 e. The summed E-state index contributed by atoms with van der Waals surface area (Å²) < 4.78 is 88.4. The van der Waals surface area contributed by atoms with E-state index in [9.17, 15) is 26.3 Å². The van der Waals surface area contributed by atoms with Gasteiger partial charge in [-0.05, 0) is 83.9 Å². The fourth-order valence-electron chi connectivity index (χ4n) is 4.53. The van der Waals surface area contributed by atoms with E-state index in [1.54, 1.807) is 0 Å². The van der Waals surface area contributed by atoms with Crippen molar-refractivity contribution in [3.63, 3.8) is 0 Å². The fourth-order valence-corrected chi connectivity index (χ4v) is 7.20. The summed E-state index contributed by atoms with van der Waals surface area (Å²) in [5.41, 5.74) is 2.26. The van der Waals surface area contributed by atoms with Gasteiger partial charge in [-0.3, -0.25) is 0 Å². The highest BCUT2D eigenvalue weighted by molar-refractivity contribution is 7.99. The first-order valence-corrected chi connectivity index (χ1v) is 23.4. The normalized spacial score (nSPS) is 12.5. The van der Waals surface area contributed by atoms with Gasteiger partial charge in [0.25, 0.3) is 0 Å². The Morgan fingerprint density at radius 3 is 0.915 bits per heavy atom. The van der Waals surface area contributed by atoms with Gasteiger partial charge in [0.1, 0.15) is 16.1 Å². The predicted molar refractivity (Wildman–Crippen MR) is 187 cm³/mol. The highest BCUT2D eigenvalue weighted by atomic mass is 32.2. The SMILES string of the molecule is C[Si](C)(C)C#Cc1ccc(Sc2ccc(C(c3ccc(Sc4ccc(C#C[Si](C)(C)C)cc4)cc3)(C(F)(F)F)C(F)(F)F)cc2)cc1. The van der Waals surface area contributed by atoms with E-state index in [1.807, 2.05) is 48.5 Å². The van der Waals surface area contributed by atoms with Gasteiger partial charge in [0.05, 0.1) is 0 Å². The quantitative estimate of drug-likeness (QED) is 0.111. The molecule has 0 N–H and O–H groups in total. The van der Waals surface area contributed by atoms with Crippen molar-refractivity contribution in [1.29, 1.82) is 0 Å². The van der Waals surface area contributed by atoms with Crippen molar-refractivity contribution < 1.29 is 26.3 Å². The maximum absolute atomic E-state index is 14.7. The molecule has 0 atom stereocenters. The van der Waals surface area contributed by atoms with Gasteiger partial charge >= 0.3 is 12.4 Å². The number of halogens is 6. The largest absolute Gasteiger partial charge is 0.411 e. The lowest BCUT2D eigenvalue weighted by Crippen LogP contribution is -2.54. The molecule has 0 radical (unpaired) electrons. The lowest BCUT2D eigenvalue weighted by molar-refractivity contribution is -0.288. The first kappa shape index (κ1) is 36.5.